The van der Waals surface area contributed by atoms with Crippen LogP contribution in [0.3, 0.4) is 0 Å². The molecular formula is C26H22INO3S. The number of hydrogen-bond donors (Lipinski definition) is 0. The Morgan fingerprint density at radius 2 is 2.03 bits per heavy atom. The van der Waals surface area contributed by atoms with Crippen molar-refractivity contribution in [2.24, 2.45) is 7.05 Å². The van der Waals surface area contributed by atoms with Crippen LogP contribution in [0.4, 0.5) is 0 Å². The summed E-state index contributed by atoms with van der Waals surface area (Å²) in [7, 11) is 2.10. The highest BCUT2D eigenvalue weighted by atomic mass is 127. The van der Waals surface area contributed by atoms with Crippen LogP contribution in [0, 0.1) is 0 Å². The van der Waals surface area contributed by atoms with Crippen LogP contribution in [0.25, 0.3) is 22.4 Å². The number of hydrogen-bond acceptors (Lipinski definition) is 4. The van der Waals surface area contributed by atoms with Gasteiger partial charge in [0.05, 0.1) is 0 Å². The number of carbonyl (C=O) groups excluding carboxylic acids is 1. The first-order valence-electron chi connectivity index (χ1n) is 10.3. The molecule has 0 saturated heterocycles. The molecule has 0 fully saturated rings. The summed E-state index contributed by atoms with van der Waals surface area (Å²) in [6.07, 6.45) is 10.8. The van der Waals surface area contributed by atoms with E-state index in [1.54, 1.807) is 23.5 Å². The molecule has 3 aromatic rings. The molecule has 1 aliphatic heterocycles. The molecule has 4 nitrogen and oxygen atoms in total. The van der Waals surface area contributed by atoms with Crippen LogP contribution < -0.4 is 38.0 Å². The summed E-state index contributed by atoms with van der Waals surface area (Å²) in [6.45, 7) is 3.44. The van der Waals surface area contributed by atoms with Crippen molar-refractivity contribution in [1.29, 1.82) is 0 Å². The molecule has 1 aliphatic carbocycles. The van der Waals surface area contributed by atoms with E-state index in [1.807, 2.05) is 6.07 Å². The highest BCUT2D eigenvalue weighted by Gasteiger charge is 2.24. The Hall–Kier alpha value is -2.71. The number of benzene rings is 2. The van der Waals surface area contributed by atoms with Gasteiger partial charge in [-0.25, -0.2) is 4.79 Å². The van der Waals surface area contributed by atoms with E-state index >= 15 is 0 Å². The SMILES string of the molecule is C=CC(=O)Oc1ccc2c(c1)OC1=C(/C=C/c3sc4ccccc4[n+]3C)CCCC1=C2.[I-]. The van der Waals surface area contributed by atoms with E-state index in [9.17, 15) is 4.79 Å². The Morgan fingerprint density at radius 1 is 1.19 bits per heavy atom. The Labute approximate surface area is 208 Å². The van der Waals surface area contributed by atoms with E-state index in [1.165, 1.54) is 26.4 Å². The second-order valence-electron chi connectivity index (χ2n) is 7.60. The van der Waals surface area contributed by atoms with Gasteiger partial charge in [0.25, 0.3) is 5.01 Å². The van der Waals surface area contributed by atoms with Gasteiger partial charge in [0, 0.05) is 29.8 Å². The molecular weight excluding hydrogens is 533 g/mol. The minimum absolute atomic E-state index is 0. The molecule has 32 heavy (non-hydrogen) atoms. The Balaban J connectivity index is 0.00000245. The van der Waals surface area contributed by atoms with Crippen LogP contribution in [0.2, 0.25) is 0 Å². The standard InChI is InChI=1S/C26H22NO3S.HI/c1-3-25(28)29-20-13-11-18-15-19-8-6-7-17(26(19)30-22(18)16-20)12-14-24-27(2)21-9-4-5-10-23(21)31-24;/h3-5,9-16H,1,6-8H2,2H3;1H/q+1;/p-1/b14-12+;. The molecule has 2 heterocycles. The first kappa shape index (κ1) is 22.5. The lowest BCUT2D eigenvalue weighted by Crippen LogP contribution is -3.00. The normalized spacial score (nSPS) is 14.8. The highest BCUT2D eigenvalue weighted by Crippen LogP contribution is 2.41. The van der Waals surface area contributed by atoms with Gasteiger partial charge in [-0.15, -0.1) is 0 Å². The molecule has 0 bridgehead atoms. The fourth-order valence-corrected chi connectivity index (χ4v) is 5.06. The van der Waals surface area contributed by atoms with Crippen LogP contribution in [0.15, 0.2) is 78.1 Å². The number of carbonyl (C=O) groups is 1. The smallest absolute Gasteiger partial charge is 0.335 e. The molecule has 6 heteroatoms. The van der Waals surface area contributed by atoms with E-state index in [-0.39, 0.29) is 24.0 Å². The van der Waals surface area contributed by atoms with Gasteiger partial charge in [0.15, 0.2) is 0 Å². The van der Waals surface area contributed by atoms with Crippen LogP contribution >= 0.6 is 11.3 Å². The molecule has 0 amide bonds. The van der Waals surface area contributed by atoms with Crippen LogP contribution in [0.5, 0.6) is 11.5 Å². The summed E-state index contributed by atoms with van der Waals surface area (Å²) in [5.74, 6) is 1.59. The molecule has 2 aliphatic rings. The molecule has 5 rings (SSSR count). The molecule has 2 aromatic carbocycles. The summed E-state index contributed by atoms with van der Waals surface area (Å²) in [6, 6.07) is 13.9. The second-order valence-corrected chi connectivity index (χ2v) is 8.67. The monoisotopic (exact) mass is 555 g/mol. The largest absolute Gasteiger partial charge is 1.00 e. The van der Waals surface area contributed by atoms with Crippen molar-refractivity contribution in [3.8, 4) is 11.5 Å². The van der Waals surface area contributed by atoms with Crippen molar-refractivity contribution in [1.82, 2.24) is 0 Å². The number of fused-ring (bicyclic) bond motifs is 3. The van der Waals surface area contributed by atoms with Gasteiger partial charge in [0.2, 0.25) is 5.52 Å². The Kier molecular flexibility index (Phi) is 6.62. The lowest BCUT2D eigenvalue weighted by molar-refractivity contribution is -0.642. The van der Waals surface area contributed by atoms with E-state index in [2.05, 4.69) is 60.7 Å². The minimum Gasteiger partial charge on any atom is -1.00 e. The molecule has 0 atom stereocenters. The maximum absolute atomic E-state index is 11.5. The molecule has 0 N–H and O–H groups in total. The van der Waals surface area contributed by atoms with Gasteiger partial charge >= 0.3 is 5.97 Å². The lowest BCUT2D eigenvalue weighted by atomic mass is 9.90. The number of rotatable bonds is 4. The minimum atomic E-state index is -0.483. The first-order valence-corrected chi connectivity index (χ1v) is 11.1. The fraction of sp³-hybridized carbons (Fsp3) is 0.154. The van der Waals surface area contributed by atoms with E-state index in [0.717, 1.165) is 36.7 Å². The predicted molar refractivity (Wildman–Crippen MR) is 124 cm³/mol. The molecule has 0 spiro atoms. The number of esters is 1. The highest BCUT2D eigenvalue weighted by molar-refractivity contribution is 7.18. The predicted octanol–water partition coefficient (Wildman–Crippen LogP) is 2.75. The number of ether oxygens (including phenoxy) is 2. The quantitative estimate of drug-likeness (QED) is 0.164. The summed E-state index contributed by atoms with van der Waals surface area (Å²) in [5.41, 5.74) is 4.64. The Morgan fingerprint density at radius 3 is 2.84 bits per heavy atom. The molecule has 0 unspecified atom stereocenters. The summed E-state index contributed by atoms with van der Waals surface area (Å²) in [5, 5.41) is 1.19. The average Bonchev–Trinajstić information content (AvgIpc) is 3.12. The third-order valence-electron chi connectivity index (χ3n) is 5.59. The van der Waals surface area contributed by atoms with Gasteiger partial charge in [-0.05, 0) is 60.8 Å². The molecule has 0 saturated carbocycles. The number of para-hydroxylation sites is 1. The number of nitrogens with zero attached hydrogens (tertiary/aromatic N) is 1. The zero-order valence-corrected chi connectivity index (χ0v) is 20.6. The van der Waals surface area contributed by atoms with Crippen molar-refractivity contribution in [3.05, 3.63) is 88.7 Å². The Bertz CT molecular complexity index is 1320. The third-order valence-corrected chi connectivity index (χ3v) is 6.77. The molecule has 1 aromatic heterocycles. The number of aryl methyl sites for hydroxylation is 1. The van der Waals surface area contributed by atoms with Crippen molar-refractivity contribution in [2.75, 3.05) is 0 Å². The summed E-state index contributed by atoms with van der Waals surface area (Å²) >= 11 is 1.78. The first-order chi connectivity index (χ1) is 15.1. The van der Waals surface area contributed by atoms with Crippen molar-refractivity contribution in [2.45, 2.75) is 19.3 Å². The third kappa shape index (κ3) is 4.29. The number of thiazole rings is 1. The van der Waals surface area contributed by atoms with Crippen molar-refractivity contribution in [3.63, 3.8) is 0 Å². The van der Waals surface area contributed by atoms with Crippen molar-refractivity contribution < 1.29 is 42.8 Å². The van der Waals surface area contributed by atoms with Gasteiger partial charge < -0.3 is 33.5 Å². The number of halogens is 1. The lowest BCUT2D eigenvalue weighted by Gasteiger charge is -2.26. The van der Waals surface area contributed by atoms with Gasteiger partial charge in [-0.1, -0.05) is 30.0 Å². The molecule has 162 valence electrons. The van der Waals surface area contributed by atoms with E-state index in [0.29, 0.717) is 11.5 Å². The maximum Gasteiger partial charge on any atom is 0.335 e. The second kappa shape index (κ2) is 9.42. The fourth-order valence-electron chi connectivity index (χ4n) is 4.01. The zero-order chi connectivity index (χ0) is 21.4. The number of aromatic nitrogens is 1. The van der Waals surface area contributed by atoms with Gasteiger partial charge in [0.1, 0.15) is 29.0 Å². The number of allylic oxidation sites excluding steroid dienone is 3. The van der Waals surface area contributed by atoms with Crippen molar-refractivity contribution >= 4 is 39.7 Å². The maximum atomic E-state index is 11.5. The van der Waals surface area contributed by atoms with E-state index in [4.69, 9.17) is 9.47 Å². The van der Waals surface area contributed by atoms with E-state index < -0.39 is 5.97 Å². The zero-order valence-electron chi connectivity index (χ0n) is 17.6. The van der Waals surface area contributed by atoms with Gasteiger partial charge in [-0.3, -0.25) is 0 Å². The van der Waals surface area contributed by atoms with Crippen LogP contribution in [-0.4, -0.2) is 5.97 Å². The summed E-state index contributed by atoms with van der Waals surface area (Å²) < 4.78 is 15.1. The van der Waals surface area contributed by atoms with Gasteiger partial charge in [-0.2, -0.15) is 4.57 Å². The van der Waals surface area contributed by atoms with Crippen LogP contribution in [0.1, 0.15) is 29.8 Å². The topological polar surface area (TPSA) is 39.4 Å². The average molecular weight is 555 g/mol. The summed E-state index contributed by atoms with van der Waals surface area (Å²) in [4.78, 5) is 11.5. The van der Waals surface area contributed by atoms with Crippen LogP contribution in [-0.2, 0) is 11.8 Å². The molecule has 0 radical (unpaired) electrons.